The van der Waals surface area contributed by atoms with Gasteiger partial charge in [0, 0.05) is 11.6 Å². The molecule has 0 radical (unpaired) electrons. The number of rotatable bonds is 4. The van der Waals surface area contributed by atoms with E-state index in [1.54, 1.807) is 32.4 Å². The number of hydrogen-bond donors (Lipinski definition) is 1. The molecule has 0 saturated heterocycles. The average molecular weight is 308 g/mol. The molecule has 2 aromatic carbocycles. The molecule has 1 aromatic heterocycles. The average Bonchev–Trinajstić information content (AvgIpc) is 2.59. The number of nitrogens with zero attached hydrogens (tertiary/aromatic N) is 1. The van der Waals surface area contributed by atoms with E-state index in [-0.39, 0.29) is 5.56 Å². The molecule has 5 nitrogen and oxygen atoms in total. The van der Waals surface area contributed by atoms with Crippen LogP contribution in [0.5, 0.6) is 11.5 Å². The molecular formula is C18H16N2O3. The van der Waals surface area contributed by atoms with Crippen molar-refractivity contribution in [3.8, 4) is 11.5 Å². The normalized spacial score (nSPS) is 11.0. The van der Waals surface area contributed by atoms with Gasteiger partial charge in [0.25, 0.3) is 5.56 Å². The second-order valence-electron chi connectivity index (χ2n) is 4.91. The van der Waals surface area contributed by atoms with E-state index in [9.17, 15) is 4.79 Å². The highest BCUT2D eigenvalue weighted by Crippen LogP contribution is 2.26. The highest BCUT2D eigenvalue weighted by Gasteiger charge is 2.04. The third kappa shape index (κ3) is 3.08. The number of fused-ring (bicyclic) bond motifs is 1. The van der Waals surface area contributed by atoms with Gasteiger partial charge < -0.3 is 14.5 Å². The molecule has 5 heteroatoms. The highest BCUT2D eigenvalue weighted by molar-refractivity contribution is 5.77. The van der Waals surface area contributed by atoms with Crippen LogP contribution in [-0.2, 0) is 0 Å². The molecule has 0 unspecified atom stereocenters. The fraction of sp³-hybridized carbons (Fsp3) is 0.111. The van der Waals surface area contributed by atoms with Gasteiger partial charge in [-0.15, -0.1) is 0 Å². The molecule has 0 fully saturated rings. The van der Waals surface area contributed by atoms with Crippen molar-refractivity contribution in [2.75, 3.05) is 14.2 Å². The first-order valence-electron chi connectivity index (χ1n) is 7.10. The van der Waals surface area contributed by atoms with Gasteiger partial charge in [0.2, 0.25) is 0 Å². The maximum atomic E-state index is 12.1. The Kier molecular flexibility index (Phi) is 4.10. The summed E-state index contributed by atoms with van der Waals surface area (Å²) in [5, 5.41) is 0. The molecule has 3 aromatic rings. The second kappa shape index (κ2) is 6.36. The molecule has 1 N–H and O–H groups in total. The van der Waals surface area contributed by atoms with Crippen molar-refractivity contribution in [1.29, 1.82) is 0 Å². The summed E-state index contributed by atoms with van der Waals surface area (Å²) in [6.45, 7) is 0. The molecule has 0 aliphatic rings. The fourth-order valence-corrected chi connectivity index (χ4v) is 2.28. The van der Waals surface area contributed by atoms with Crippen LogP contribution in [0.15, 0.2) is 47.3 Å². The van der Waals surface area contributed by atoms with Crippen molar-refractivity contribution >= 4 is 23.2 Å². The van der Waals surface area contributed by atoms with E-state index in [0.29, 0.717) is 17.2 Å². The Morgan fingerprint density at radius 3 is 2.65 bits per heavy atom. The number of para-hydroxylation sites is 2. The Hall–Kier alpha value is -3.08. The van der Waals surface area contributed by atoms with Gasteiger partial charge in [0.05, 0.1) is 25.3 Å². The zero-order valence-electron chi connectivity index (χ0n) is 12.9. The molecule has 0 bridgehead atoms. The van der Waals surface area contributed by atoms with Gasteiger partial charge in [-0.3, -0.25) is 4.79 Å². The summed E-state index contributed by atoms with van der Waals surface area (Å²) in [4.78, 5) is 19.3. The predicted molar refractivity (Wildman–Crippen MR) is 90.8 cm³/mol. The van der Waals surface area contributed by atoms with Crippen molar-refractivity contribution in [2.45, 2.75) is 0 Å². The maximum Gasteiger partial charge on any atom is 0.274 e. The van der Waals surface area contributed by atoms with Crippen molar-refractivity contribution in [3.05, 3.63) is 64.1 Å². The number of benzene rings is 2. The number of aromatic nitrogens is 2. The Balaban J connectivity index is 2.00. The third-order valence-corrected chi connectivity index (χ3v) is 3.49. The lowest BCUT2D eigenvalue weighted by molar-refractivity contribution is 0.394. The Morgan fingerprint density at radius 2 is 1.87 bits per heavy atom. The van der Waals surface area contributed by atoms with Crippen molar-refractivity contribution in [2.24, 2.45) is 0 Å². The third-order valence-electron chi connectivity index (χ3n) is 3.49. The molecule has 23 heavy (non-hydrogen) atoms. The number of nitrogens with one attached hydrogen (secondary N) is 1. The van der Waals surface area contributed by atoms with E-state index >= 15 is 0 Å². The summed E-state index contributed by atoms with van der Waals surface area (Å²) in [5.41, 5.74) is 2.42. The predicted octanol–water partition coefficient (Wildman–Crippen LogP) is 3.11. The molecular weight excluding hydrogens is 292 g/mol. The van der Waals surface area contributed by atoms with Crippen LogP contribution >= 0.6 is 0 Å². The van der Waals surface area contributed by atoms with Crippen LogP contribution in [-0.4, -0.2) is 24.2 Å². The van der Waals surface area contributed by atoms with Crippen LogP contribution in [0.3, 0.4) is 0 Å². The number of methoxy groups -OCH3 is 2. The maximum absolute atomic E-state index is 12.1. The Bertz CT molecular complexity index is 929. The largest absolute Gasteiger partial charge is 0.497 e. The van der Waals surface area contributed by atoms with E-state index in [1.807, 2.05) is 36.4 Å². The zero-order valence-corrected chi connectivity index (χ0v) is 12.9. The fourth-order valence-electron chi connectivity index (χ4n) is 2.28. The standard InChI is InChI=1S/C18H16N2O3/c1-22-13-9-7-12(17(11-13)23-2)8-10-16-18(21)20-15-6-4-3-5-14(15)19-16/h3-11H,1-2H3,(H,20,21). The van der Waals surface area contributed by atoms with Gasteiger partial charge >= 0.3 is 0 Å². The van der Waals surface area contributed by atoms with E-state index in [1.165, 1.54) is 0 Å². The van der Waals surface area contributed by atoms with E-state index in [2.05, 4.69) is 9.97 Å². The van der Waals surface area contributed by atoms with Crippen LogP contribution in [0.2, 0.25) is 0 Å². The van der Waals surface area contributed by atoms with Gasteiger partial charge in [-0.1, -0.05) is 12.1 Å². The van der Waals surface area contributed by atoms with Crippen molar-refractivity contribution in [1.82, 2.24) is 9.97 Å². The SMILES string of the molecule is COc1ccc(C=Cc2nc3ccccc3[nH]c2=O)c(OC)c1. The summed E-state index contributed by atoms with van der Waals surface area (Å²) in [5.74, 6) is 1.37. The van der Waals surface area contributed by atoms with Crippen LogP contribution in [0.4, 0.5) is 0 Å². The molecule has 116 valence electrons. The van der Waals surface area contributed by atoms with Crippen molar-refractivity contribution < 1.29 is 9.47 Å². The monoisotopic (exact) mass is 308 g/mol. The smallest absolute Gasteiger partial charge is 0.274 e. The minimum Gasteiger partial charge on any atom is -0.497 e. The molecule has 1 heterocycles. The first-order valence-corrected chi connectivity index (χ1v) is 7.10. The van der Waals surface area contributed by atoms with Gasteiger partial charge in [-0.25, -0.2) is 4.98 Å². The number of aromatic amines is 1. The lowest BCUT2D eigenvalue weighted by atomic mass is 10.1. The van der Waals surface area contributed by atoms with Crippen LogP contribution in [0.25, 0.3) is 23.2 Å². The summed E-state index contributed by atoms with van der Waals surface area (Å²) < 4.78 is 10.5. The Labute approximate surface area is 133 Å². The summed E-state index contributed by atoms with van der Waals surface area (Å²) >= 11 is 0. The van der Waals surface area contributed by atoms with Gasteiger partial charge in [0.1, 0.15) is 17.2 Å². The van der Waals surface area contributed by atoms with Crippen LogP contribution in [0, 0.1) is 0 Å². The molecule has 0 saturated carbocycles. The van der Waals surface area contributed by atoms with Crippen LogP contribution in [0.1, 0.15) is 11.3 Å². The molecule has 0 aliphatic carbocycles. The Morgan fingerprint density at radius 1 is 1.04 bits per heavy atom. The number of ether oxygens (including phenoxy) is 2. The molecule has 3 rings (SSSR count). The molecule has 0 spiro atoms. The number of H-pyrrole nitrogens is 1. The summed E-state index contributed by atoms with van der Waals surface area (Å²) in [6.07, 6.45) is 3.47. The quantitative estimate of drug-likeness (QED) is 0.804. The van der Waals surface area contributed by atoms with Gasteiger partial charge in [-0.2, -0.15) is 0 Å². The lowest BCUT2D eigenvalue weighted by Gasteiger charge is -2.07. The van der Waals surface area contributed by atoms with Gasteiger partial charge in [-0.05, 0) is 36.4 Å². The minimum absolute atomic E-state index is 0.229. The van der Waals surface area contributed by atoms with E-state index in [4.69, 9.17) is 9.47 Å². The van der Waals surface area contributed by atoms with E-state index < -0.39 is 0 Å². The first-order chi connectivity index (χ1) is 11.2. The molecule has 0 aliphatic heterocycles. The van der Waals surface area contributed by atoms with Gasteiger partial charge in [0.15, 0.2) is 0 Å². The second-order valence-corrected chi connectivity index (χ2v) is 4.91. The molecule has 0 atom stereocenters. The summed E-state index contributed by atoms with van der Waals surface area (Å²) in [7, 11) is 3.19. The topological polar surface area (TPSA) is 64.2 Å². The van der Waals surface area contributed by atoms with Crippen LogP contribution < -0.4 is 15.0 Å². The first kappa shape index (κ1) is 14.8. The van der Waals surface area contributed by atoms with E-state index in [0.717, 1.165) is 16.6 Å². The highest BCUT2D eigenvalue weighted by atomic mass is 16.5. The zero-order chi connectivity index (χ0) is 16.2. The minimum atomic E-state index is -0.229. The molecule has 0 amide bonds. The summed E-state index contributed by atoms with van der Waals surface area (Å²) in [6, 6.07) is 12.9. The number of hydrogen-bond acceptors (Lipinski definition) is 4. The lowest BCUT2D eigenvalue weighted by Crippen LogP contribution is -2.11. The van der Waals surface area contributed by atoms with Crippen molar-refractivity contribution in [3.63, 3.8) is 0 Å².